The van der Waals surface area contributed by atoms with Crippen molar-refractivity contribution < 1.29 is 69.4 Å². The molecule has 1 atom stereocenters. The minimum atomic E-state index is -0.560. The molecule has 0 rings (SSSR count). The largest absolute Gasteiger partial charge is 0.465 e. The van der Waals surface area contributed by atoms with Gasteiger partial charge in [-0.15, -0.1) is 0 Å². The predicted octanol–water partition coefficient (Wildman–Crippen LogP) is -1.49. The molecule has 0 aliphatic carbocycles. The number of hydrogen-bond donors (Lipinski definition) is 8. The van der Waals surface area contributed by atoms with Crippen molar-refractivity contribution in [1.82, 2.24) is 0 Å². The summed E-state index contributed by atoms with van der Waals surface area (Å²) < 4.78 is 19.7. The highest BCUT2D eigenvalue weighted by molar-refractivity contribution is 5.71. The minimum absolute atomic E-state index is 0.0113. The molecule has 0 spiro atoms. The zero-order valence-electron chi connectivity index (χ0n) is 23.5. The fourth-order valence-electron chi connectivity index (χ4n) is 1.76. The first-order valence-corrected chi connectivity index (χ1v) is 13.2. The molecule has 0 aliphatic rings. The summed E-state index contributed by atoms with van der Waals surface area (Å²) in [5, 5.41) is 65.8. The molecule has 0 amide bonds. The summed E-state index contributed by atoms with van der Waals surface area (Å²) in [6.45, 7) is 4.58. The number of carbonyl (C=O) groups is 2. The van der Waals surface area contributed by atoms with Crippen molar-refractivity contribution in [2.75, 3.05) is 85.9 Å². The number of aliphatic hydroxyl groups excluding tert-OH is 8. The Morgan fingerprint density at radius 1 is 0.513 bits per heavy atom. The third-order valence-corrected chi connectivity index (χ3v) is 3.75. The van der Waals surface area contributed by atoms with Gasteiger partial charge in [0.15, 0.2) is 0 Å². The molecule has 14 heteroatoms. The molecule has 8 N–H and O–H groups in total. The zero-order chi connectivity index (χ0) is 30.4. The lowest BCUT2D eigenvalue weighted by molar-refractivity contribution is -0.149. The third-order valence-electron chi connectivity index (χ3n) is 3.75. The molecule has 1 unspecified atom stereocenters. The lowest BCUT2D eigenvalue weighted by atomic mass is 10.3. The average molecular weight is 579 g/mol. The molecule has 0 saturated heterocycles. The number of esters is 2. The van der Waals surface area contributed by atoms with E-state index in [1.165, 1.54) is 6.92 Å². The highest BCUT2D eigenvalue weighted by Gasteiger charge is 2.05. The summed E-state index contributed by atoms with van der Waals surface area (Å²) in [6, 6.07) is 0. The van der Waals surface area contributed by atoms with Gasteiger partial charge in [-0.25, -0.2) is 0 Å². The molecule has 0 aromatic heterocycles. The third kappa shape index (κ3) is 57.5. The van der Waals surface area contributed by atoms with Crippen LogP contribution in [-0.2, 0) is 28.5 Å². The van der Waals surface area contributed by atoms with E-state index in [1.54, 1.807) is 0 Å². The maximum atomic E-state index is 10.9. The van der Waals surface area contributed by atoms with Gasteiger partial charge in [0.05, 0.1) is 38.8 Å². The van der Waals surface area contributed by atoms with E-state index in [4.69, 9.17) is 50.3 Å². The van der Waals surface area contributed by atoms with Crippen molar-refractivity contribution in [1.29, 1.82) is 0 Å². The molecule has 0 aliphatic heterocycles. The van der Waals surface area contributed by atoms with E-state index in [-0.39, 0.29) is 72.3 Å². The van der Waals surface area contributed by atoms with Gasteiger partial charge in [-0.05, 0) is 39.0 Å². The van der Waals surface area contributed by atoms with Gasteiger partial charge in [-0.3, -0.25) is 9.59 Å². The highest BCUT2D eigenvalue weighted by Crippen LogP contribution is 1.92. The van der Waals surface area contributed by atoms with Crippen LogP contribution in [0.2, 0.25) is 0 Å². The van der Waals surface area contributed by atoms with Crippen molar-refractivity contribution in [2.45, 2.75) is 64.4 Å². The fraction of sp³-hybridized carbons (Fsp3) is 0.920. The Morgan fingerprint density at radius 3 is 1.26 bits per heavy atom. The van der Waals surface area contributed by atoms with Crippen LogP contribution in [0.5, 0.6) is 0 Å². The van der Waals surface area contributed by atoms with Crippen molar-refractivity contribution in [3.8, 4) is 0 Å². The van der Waals surface area contributed by atoms with Crippen LogP contribution < -0.4 is 0 Å². The maximum absolute atomic E-state index is 10.9. The number of ether oxygens (including phenoxy) is 4. The van der Waals surface area contributed by atoms with E-state index >= 15 is 0 Å². The van der Waals surface area contributed by atoms with E-state index in [0.717, 1.165) is 19.3 Å². The molecule has 0 heterocycles. The van der Waals surface area contributed by atoms with Crippen LogP contribution in [0.4, 0.5) is 0 Å². The number of unbranched alkanes of at least 4 members (excludes halogenated alkanes) is 1. The molecular formula is C25H54O14. The van der Waals surface area contributed by atoms with E-state index in [2.05, 4.69) is 9.47 Å². The Kier molecular flexibility index (Phi) is 49.8. The lowest BCUT2D eigenvalue weighted by Crippen LogP contribution is -2.13. The quantitative estimate of drug-likeness (QED) is 0.0540. The van der Waals surface area contributed by atoms with Crippen molar-refractivity contribution >= 4 is 11.9 Å². The van der Waals surface area contributed by atoms with E-state index < -0.39 is 18.0 Å². The van der Waals surface area contributed by atoms with Gasteiger partial charge in [0.25, 0.3) is 0 Å². The van der Waals surface area contributed by atoms with Crippen LogP contribution >= 0.6 is 0 Å². The second-order valence-electron chi connectivity index (χ2n) is 7.66. The molecule has 14 nitrogen and oxygen atoms in total. The van der Waals surface area contributed by atoms with Gasteiger partial charge in [0, 0.05) is 65.9 Å². The summed E-state index contributed by atoms with van der Waals surface area (Å²) in [4.78, 5) is 21.6. The van der Waals surface area contributed by atoms with Crippen LogP contribution in [0.1, 0.15) is 58.3 Å². The van der Waals surface area contributed by atoms with Crippen LogP contribution in [0.25, 0.3) is 0 Å². The zero-order valence-corrected chi connectivity index (χ0v) is 23.5. The van der Waals surface area contributed by atoms with E-state index in [0.29, 0.717) is 45.7 Å². The Balaban J connectivity index is -0.000000230. The molecule has 39 heavy (non-hydrogen) atoms. The second kappa shape index (κ2) is 43.6. The molecule has 0 fully saturated rings. The summed E-state index contributed by atoms with van der Waals surface area (Å²) >= 11 is 0. The number of aliphatic hydroxyl groups is 8. The summed E-state index contributed by atoms with van der Waals surface area (Å²) in [5.41, 5.74) is 0. The standard InChI is InChI=1S/C9H16O6.C9H20O4.C4H10O2.C3H8O2/c10-4-1-6-14-9(13)3-7-15-8(12)2-5-11;10-4-1-6-12-8-3-9-13-7-2-5-11;5-3-1-2-4-6;1-3(5)2-4/h10-11H,1-7H2;10-11H,1-9H2;5-6H,1-4H2;3-5H,2H2,1H3. The SMILES string of the molecule is CC(O)CO.O=C(CCO)OCCC(=O)OCCCO.OCCCCO.OCCCOCCCOCCCO. The Bertz CT molecular complexity index is 438. The molecule has 238 valence electrons. The lowest BCUT2D eigenvalue weighted by Gasteiger charge is -2.04. The smallest absolute Gasteiger partial charge is 0.309 e. The van der Waals surface area contributed by atoms with Crippen LogP contribution in [-0.4, -0.2) is 145 Å². The second-order valence-corrected chi connectivity index (χ2v) is 7.66. The van der Waals surface area contributed by atoms with Gasteiger partial charge in [0.2, 0.25) is 0 Å². The average Bonchev–Trinajstić information content (AvgIpc) is 2.92. The Labute approximate surface area is 232 Å². The fourth-order valence-corrected chi connectivity index (χ4v) is 1.76. The number of rotatable bonds is 22. The molecule has 0 aromatic rings. The first-order chi connectivity index (χ1) is 18.8. The first-order valence-electron chi connectivity index (χ1n) is 13.2. The minimum Gasteiger partial charge on any atom is -0.465 e. The van der Waals surface area contributed by atoms with Gasteiger partial charge >= 0.3 is 11.9 Å². The molecular weight excluding hydrogens is 524 g/mol. The highest BCUT2D eigenvalue weighted by atomic mass is 16.5. The summed E-state index contributed by atoms with van der Waals surface area (Å²) in [7, 11) is 0. The van der Waals surface area contributed by atoms with E-state index in [1.807, 2.05) is 0 Å². The van der Waals surface area contributed by atoms with Gasteiger partial charge in [0.1, 0.15) is 6.61 Å². The normalized spacial score (nSPS) is 10.6. The Hall–Kier alpha value is -1.46. The van der Waals surface area contributed by atoms with Crippen LogP contribution in [0, 0.1) is 0 Å². The van der Waals surface area contributed by atoms with Crippen molar-refractivity contribution in [3.63, 3.8) is 0 Å². The first kappa shape index (κ1) is 44.6. The summed E-state index contributed by atoms with van der Waals surface area (Å²) in [5.74, 6) is -1.01. The molecule has 0 aromatic carbocycles. The Morgan fingerprint density at radius 2 is 0.872 bits per heavy atom. The van der Waals surface area contributed by atoms with Crippen LogP contribution in [0.3, 0.4) is 0 Å². The van der Waals surface area contributed by atoms with Gasteiger partial charge in [-0.1, -0.05) is 0 Å². The van der Waals surface area contributed by atoms with Crippen LogP contribution in [0.15, 0.2) is 0 Å². The van der Waals surface area contributed by atoms with E-state index in [9.17, 15) is 9.59 Å². The monoisotopic (exact) mass is 578 g/mol. The summed E-state index contributed by atoms with van der Waals surface area (Å²) in [6.07, 6.45) is 3.47. The van der Waals surface area contributed by atoms with Gasteiger partial charge < -0.3 is 59.8 Å². The molecule has 0 saturated carbocycles. The number of hydrogen-bond acceptors (Lipinski definition) is 14. The van der Waals surface area contributed by atoms with Gasteiger partial charge in [-0.2, -0.15) is 0 Å². The van der Waals surface area contributed by atoms with Crippen molar-refractivity contribution in [2.24, 2.45) is 0 Å². The molecule has 0 radical (unpaired) electrons. The predicted molar refractivity (Wildman–Crippen MR) is 142 cm³/mol. The topological polar surface area (TPSA) is 233 Å². The number of carbonyl (C=O) groups excluding carboxylic acids is 2. The maximum Gasteiger partial charge on any atom is 0.309 e. The van der Waals surface area contributed by atoms with Crippen molar-refractivity contribution in [3.05, 3.63) is 0 Å². The molecule has 0 bridgehead atoms.